The predicted molar refractivity (Wildman–Crippen MR) is 147 cm³/mol. The summed E-state index contributed by atoms with van der Waals surface area (Å²) < 4.78 is 0. The molecular formula is C27H35Cl2N5O2. The first-order chi connectivity index (χ1) is 16.7. The molecular weight excluding hydrogens is 497 g/mol. The quantitative estimate of drug-likeness (QED) is 0.458. The molecule has 0 saturated heterocycles. The van der Waals surface area contributed by atoms with Gasteiger partial charge in [0.15, 0.2) is 0 Å². The van der Waals surface area contributed by atoms with Gasteiger partial charge in [0.25, 0.3) is 0 Å². The molecule has 194 valence electrons. The van der Waals surface area contributed by atoms with Crippen LogP contribution in [0.15, 0.2) is 36.4 Å². The number of fused-ring (bicyclic) bond motifs is 1. The molecule has 0 bridgehead atoms. The molecule has 0 aromatic heterocycles. The highest BCUT2D eigenvalue weighted by Crippen LogP contribution is 2.28. The van der Waals surface area contributed by atoms with Gasteiger partial charge in [-0.1, -0.05) is 37.6 Å². The van der Waals surface area contributed by atoms with E-state index in [1.165, 1.54) is 11.1 Å². The number of hydrogen-bond acceptors (Lipinski definition) is 5. The van der Waals surface area contributed by atoms with Crippen molar-refractivity contribution in [3.05, 3.63) is 63.7 Å². The maximum Gasteiger partial charge on any atom is 0.242 e. The van der Waals surface area contributed by atoms with Crippen molar-refractivity contribution in [3.8, 4) is 6.07 Å². The van der Waals surface area contributed by atoms with Crippen molar-refractivity contribution in [1.82, 2.24) is 15.5 Å². The lowest BCUT2D eigenvalue weighted by Crippen LogP contribution is -2.47. The van der Waals surface area contributed by atoms with Gasteiger partial charge in [-0.25, -0.2) is 0 Å². The minimum Gasteiger partial charge on any atom is -0.353 e. The molecule has 3 rings (SSSR count). The molecule has 1 unspecified atom stereocenters. The topological polar surface area (TPSA) is 88.5 Å². The maximum absolute atomic E-state index is 13.4. The summed E-state index contributed by atoms with van der Waals surface area (Å²) in [6.45, 7) is 7.25. The Kier molecular flexibility index (Phi) is 11.0. The number of anilines is 1. The lowest BCUT2D eigenvalue weighted by Gasteiger charge is -2.30. The summed E-state index contributed by atoms with van der Waals surface area (Å²) in [6, 6.07) is 13.7. The minimum atomic E-state index is -0.171. The molecule has 2 amide bonds. The number of amides is 2. The smallest absolute Gasteiger partial charge is 0.242 e. The van der Waals surface area contributed by atoms with Crippen LogP contribution in [0.3, 0.4) is 0 Å². The molecule has 2 N–H and O–H groups in total. The molecule has 0 heterocycles. The van der Waals surface area contributed by atoms with Crippen LogP contribution in [0.5, 0.6) is 0 Å². The van der Waals surface area contributed by atoms with E-state index in [2.05, 4.69) is 16.7 Å². The zero-order chi connectivity index (χ0) is 25.5. The standard InChI is InChI=1S/C27H34ClN5O2.ClH/c1-18(2)30-9-10-31-26(34)16-33(25-11-20(15-29)6-5-19(25)3)17-27(35)32(4)24-13-21-7-8-23(28)12-22(21)14-24;/h5-8,11-12,18,24,30H,9-10,13-14,16-17H2,1-4H3,(H,31,34);1H. The van der Waals surface area contributed by atoms with E-state index in [0.29, 0.717) is 35.4 Å². The van der Waals surface area contributed by atoms with E-state index in [0.717, 1.165) is 18.4 Å². The molecule has 1 atom stereocenters. The van der Waals surface area contributed by atoms with E-state index < -0.39 is 0 Å². The van der Waals surface area contributed by atoms with Gasteiger partial charge in [0.05, 0.1) is 24.7 Å². The SMILES string of the molecule is Cc1ccc(C#N)cc1N(CC(=O)NCCNC(C)C)CC(=O)N(C)C1Cc2ccc(Cl)cc2C1.Cl. The Morgan fingerprint density at radius 1 is 1.11 bits per heavy atom. The minimum absolute atomic E-state index is 0. The monoisotopic (exact) mass is 531 g/mol. The maximum atomic E-state index is 13.4. The summed E-state index contributed by atoms with van der Waals surface area (Å²) >= 11 is 6.15. The van der Waals surface area contributed by atoms with Crippen LogP contribution >= 0.6 is 24.0 Å². The van der Waals surface area contributed by atoms with Crippen molar-refractivity contribution in [2.45, 2.75) is 45.7 Å². The molecule has 36 heavy (non-hydrogen) atoms. The van der Waals surface area contributed by atoms with E-state index in [9.17, 15) is 14.9 Å². The molecule has 7 nitrogen and oxygen atoms in total. The molecule has 0 saturated carbocycles. The second kappa shape index (κ2) is 13.5. The van der Waals surface area contributed by atoms with Crippen LogP contribution in [-0.2, 0) is 22.4 Å². The van der Waals surface area contributed by atoms with Crippen molar-refractivity contribution in [3.63, 3.8) is 0 Å². The van der Waals surface area contributed by atoms with E-state index in [4.69, 9.17) is 11.6 Å². The van der Waals surface area contributed by atoms with Gasteiger partial charge in [0.2, 0.25) is 11.8 Å². The lowest BCUT2D eigenvalue weighted by molar-refractivity contribution is -0.130. The average Bonchev–Trinajstić information content (AvgIpc) is 3.24. The second-order valence-electron chi connectivity index (χ2n) is 9.41. The number of carbonyl (C=O) groups excluding carboxylic acids is 2. The van der Waals surface area contributed by atoms with E-state index >= 15 is 0 Å². The molecule has 1 aliphatic carbocycles. The normalized spacial score (nSPS) is 14.0. The Balaban J connectivity index is 0.00000456. The summed E-state index contributed by atoms with van der Waals surface area (Å²) in [5, 5.41) is 16.3. The third-order valence-corrected chi connectivity index (χ3v) is 6.59. The number of benzene rings is 2. The first-order valence-corrected chi connectivity index (χ1v) is 12.3. The Morgan fingerprint density at radius 2 is 1.83 bits per heavy atom. The van der Waals surface area contributed by atoms with Crippen molar-refractivity contribution in [1.29, 1.82) is 5.26 Å². The van der Waals surface area contributed by atoms with Crippen molar-refractivity contribution in [2.24, 2.45) is 0 Å². The third-order valence-electron chi connectivity index (χ3n) is 6.36. The largest absolute Gasteiger partial charge is 0.353 e. The van der Waals surface area contributed by atoms with E-state index in [1.807, 2.05) is 52.1 Å². The van der Waals surface area contributed by atoms with Gasteiger partial charge in [-0.2, -0.15) is 5.26 Å². The van der Waals surface area contributed by atoms with Crippen LogP contribution in [0.1, 0.15) is 36.1 Å². The molecule has 0 fully saturated rings. The molecule has 0 spiro atoms. The predicted octanol–water partition coefficient (Wildman–Crippen LogP) is 3.49. The summed E-state index contributed by atoms with van der Waals surface area (Å²) in [5.74, 6) is -0.249. The van der Waals surface area contributed by atoms with Crippen LogP contribution in [0.25, 0.3) is 0 Å². The van der Waals surface area contributed by atoms with Gasteiger partial charge >= 0.3 is 0 Å². The highest BCUT2D eigenvalue weighted by atomic mass is 35.5. The molecule has 2 aromatic carbocycles. The van der Waals surface area contributed by atoms with Crippen LogP contribution < -0.4 is 15.5 Å². The van der Waals surface area contributed by atoms with Gasteiger partial charge in [0, 0.05) is 42.9 Å². The summed E-state index contributed by atoms with van der Waals surface area (Å²) in [7, 11) is 1.81. The Morgan fingerprint density at radius 3 is 2.53 bits per heavy atom. The summed E-state index contributed by atoms with van der Waals surface area (Å²) in [4.78, 5) is 29.6. The number of halogens is 2. The summed E-state index contributed by atoms with van der Waals surface area (Å²) in [5.41, 5.74) is 4.48. The van der Waals surface area contributed by atoms with Crippen LogP contribution in [0.2, 0.25) is 5.02 Å². The molecule has 2 aromatic rings. The van der Waals surface area contributed by atoms with Crippen molar-refractivity contribution >= 4 is 41.5 Å². The van der Waals surface area contributed by atoms with Crippen molar-refractivity contribution in [2.75, 3.05) is 38.1 Å². The number of nitriles is 1. The first kappa shape index (κ1) is 29.4. The fourth-order valence-electron chi connectivity index (χ4n) is 4.35. The highest BCUT2D eigenvalue weighted by Gasteiger charge is 2.29. The number of carbonyl (C=O) groups is 2. The Hall–Kier alpha value is -2.79. The number of likely N-dealkylation sites (N-methyl/N-ethyl adjacent to an activating group) is 1. The van der Waals surface area contributed by atoms with Gasteiger partial charge < -0.3 is 20.4 Å². The van der Waals surface area contributed by atoms with E-state index in [-0.39, 0.29) is 43.4 Å². The number of nitrogens with zero attached hydrogens (tertiary/aromatic N) is 3. The molecule has 0 radical (unpaired) electrons. The Bertz CT molecular complexity index is 1120. The van der Waals surface area contributed by atoms with Gasteiger partial charge in [-0.15, -0.1) is 12.4 Å². The van der Waals surface area contributed by atoms with Crippen LogP contribution in [0.4, 0.5) is 5.69 Å². The van der Waals surface area contributed by atoms with Gasteiger partial charge in [-0.05, 0) is 60.7 Å². The fraction of sp³-hybridized carbons (Fsp3) is 0.444. The highest BCUT2D eigenvalue weighted by molar-refractivity contribution is 6.30. The number of nitrogens with one attached hydrogen (secondary N) is 2. The van der Waals surface area contributed by atoms with Crippen molar-refractivity contribution < 1.29 is 9.59 Å². The Labute approximate surface area is 225 Å². The van der Waals surface area contributed by atoms with Gasteiger partial charge in [0.1, 0.15) is 0 Å². The lowest BCUT2D eigenvalue weighted by atomic mass is 10.1. The number of rotatable bonds is 10. The summed E-state index contributed by atoms with van der Waals surface area (Å²) in [6.07, 6.45) is 1.53. The molecule has 9 heteroatoms. The zero-order valence-corrected chi connectivity index (χ0v) is 22.9. The number of aryl methyl sites for hydroxylation is 1. The second-order valence-corrected chi connectivity index (χ2v) is 9.84. The molecule has 0 aliphatic heterocycles. The fourth-order valence-corrected chi connectivity index (χ4v) is 4.55. The molecule has 1 aliphatic rings. The zero-order valence-electron chi connectivity index (χ0n) is 21.3. The number of hydrogen-bond donors (Lipinski definition) is 2. The third kappa shape index (κ3) is 7.86. The van der Waals surface area contributed by atoms with Gasteiger partial charge in [-0.3, -0.25) is 9.59 Å². The average molecular weight is 533 g/mol. The first-order valence-electron chi connectivity index (χ1n) is 12.0. The van der Waals surface area contributed by atoms with Crippen LogP contribution in [-0.4, -0.2) is 62.0 Å². The van der Waals surface area contributed by atoms with E-state index in [1.54, 1.807) is 21.9 Å². The van der Waals surface area contributed by atoms with Crippen LogP contribution in [0, 0.1) is 18.3 Å².